The van der Waals surface area contributed by atoms with Crippen molar-refractivity contribution in [1.82, 2.24) is 5.06 Å². The molecule has 0 saturated carbocycles. The highest BCUT2D eigenvalue weighted by Gasteiger charge is 2.10. The lowest BCUT2D eigenvalue weighted by Gasteiger charge is -2.24. The molecule has 0 bridgehead atoms. The molecule has 1 heterocycles. The molecular weight excluding hydrogens is 258 g/mol. The van der Waals surface area contributed by atoms with Crippen molar-refractivity contribution in [3.05, 3.63) is 54.2 Å². The van der Waals surface area contributed by atoms with Gasteiger partial charge in [-0.25, -0.2) is 0 Å². The third-order valence-electron chi connectivity index (χ3n) is 4.04. The summed E-state index contributed by atoms with van der Waals surface area (Å²) in [6.45, 7) is 6.15. The van der Waals surface area contributed by atoms with E-state index in [0.29, 0.717) is 5.92 Å². The van der Waals surface area contributed by atoms with Crippen LogP contribution in [0.3, 0.4) is 0 Å². The molecule has 1 aliphatic heterocycles. The summed E-state index contributed by atoms with van der Waals surface area (Å²) in [5, 5.41) is 1.95. The zero-order valence-corrected chi connectivity index (χ0v) is 13.3. The average Bonchev–Trinajstić information content (AvgIpc) is 2.56. The van der Waals surface area contributed by atoms with Crippen LogP contribution in [0.4, 0.5) is 0 Å². The van der Waals surface area contributed by atoms with Crippen LogP contribution in [-0.4, -0.2) is 18.2 Å². The summed E-state index contributed by atoms with van der Waals surface area (Å²) in [5.74, 6) is 0.679. The lowest BCUT2D eigenvalue weighted by Crippen LogP contribution is -2.23. The maximum Gasteiger partial charge on any atom is 0.0776 e. The third-order valence-corrected chi connectivity index (χ3v) is 4.04. The summed E-state index contributed by atoms with van der Waals surface area (Å²) in [4.78, 5) is 5.92. The first-order chi connectivity index (χ1) is 10.3. The normalized spacial score (nSPS) is 15.9. The van der Waals surface area contributed by atoms with Gasteiger partial charge in [-0.2, -0.15) is 0 Å². The van der Waals surface area contributed by atoms with E-state index < -0.39 is 0 Å². The maximum absolute atomic E-state index is 5.92. The SMILES string of the molecule is CCCCC(CC)CON1C=CC(c2ccccc2)=CC1. The molecule has 2 rings (SSSR count). The van der Waals surface area contributed by atoms with Gasteiger partial charge in [-0.15, -0.1) is 0 Å². The van der Waals surface area contributed by atoms with Crippen LogP contribution in [0, 0.1) is 5.92 Å². The lowest BCUT2D eigenvalue weighted by atomic mass is 10.0. The summed E-state index contributed by atoms with van der Waals surface area (Å²) in [6, 6.07) is 10.5. The van der Waals surface area contributed by atoms with Gasteiger partial charge < -0.3 is 0 Å². The molecule has 1 aromatic carbocycles. The number of rotatable bonds is 8. The predicted molar refractivity (Wildman–Crippen MR) is 89.5 cm³/mol. The Bertz CT molecular complexity index is 464. The van der Waals surface area contributed by atoms with Gasteiger partial charge in [0.05, 0.1) is 13.2 Å². The van der Waals surface area contributed by atoms with Crippen molar-refractivity contribution in [2.75, 3.05) is 13.2 Å². The van der Waals surface area contributed by atoms with Crippen LogP contribution in [0.25, 0.3) is 5.57 Å². The van der Waals surface area contributed by atoms with E-state index in [2.05, 4.69) is 56.5 Å². The molecule has 21 heavy (non-hydrogen) atoms. The molecule has 1 atom stereocenters. The monoisotopic (exact) mass is 285 g/mol. The van der Waals surface area contributed by atoms with Crippen LogP contribution in [0.15, 0.2) is 48.7 Å². The van der Waals surface area contributed by atoms with Gasteiger partial charge in [-0.05, 0) is 29.6 Å². The molecule has 1 aliphatic rings. The Labute approximate surface area is 129 Å². The second kappa shape index (κ2) is 8.68. The highest BCUT2D eigenvalue weighted by atomic mass is 16.7. The Morgan fingerprint density at radius 3 is 2.62 bits per heavy atom. The number of nitrogens with zero attached hydrogens (tertiary/aromatic N) is 1. The van der Waals surface area contributed by atoms with E-state index in [1.165, 1.54) is 36.8 Å². The molecule has 114 valence electrons. The highest BCUT2D eigenvalue weighted by molar-refractivity contribution is 5.74. The zero-order chi connectivity index (χ0) is 14.9. The van der Waals surface area contributed by atoms with Crippen molar-refractivity contribution in [1.29, 1.82) is 0 Å². The fourth-order valence-electron chi connectivity index (χ4n) is 2.52. The molecule has 2 nitrogen and oxygen atoms in total. The number of unbranched alkanes of at least 4 members (excludes halogenated alkanes) is 1. The Morgan fingerprint density at radius 2 is 2.00 bits per heavy atom. The predicted octanol–water partition coefficient (Wildman–Crippen LogP) is 5.05. The van der Waals surface area contributed by atoms with Gasteiger partial charge >= 0.3 is 0 Å². The molecular formula is C19H27NO. The molecule has 0 aromatic heterocycles. The van der Waals surface area contributed by atoms with E-state index in [1.54, 1.807) is 0 Å². The average molecular weight is 285 g/mol. The Kier molecular flexibility index (Phi) is 6.55. The fourth-order valence-corrected chi connectivity index (χ4v) is 2.52. The van der Waals surface area contributed by atoms with Crippen molar-refractivity contribution in [2.24, 2.45) is 5.92 Å². The van der Waals surface area contributed by atoms with E-state index >= 15 is 0 Å². The van der Waals surface area contributed by atoms with Gasteiger partial charge in [-0.1, -0.05) is 69.5 Å². The first-order valence-corrected chi connectivity index (χ1v) is 8.16. The number of allylic oxidation sites excluding steroid dienone is 2. The van der Waals surface area contributed by atoms with Crippen LogP contribution in [0.1, 0.15) is 45.1 Å². The van der Waals surface area contributed by atoms with Gasteiger partial charge in [0.2, 0.25) is 0 Å². The smallest absolute Gasteiger partial charge is 0.0776 e. The summed E-state index contributed by atoms with van der Waals surface area (Å²) in [7, 11) is 0. The van der Waals surface area contributed by atoms with Crippen molar-refractivity contribution in [3.8, 4) is 0 Å². The molecule has 0 fully saturated rings. The molecule has 0 saturated heterocycles. The van der Waals surface area contributed by atoms with E-state index in [4.69, 9.17) is 4.84 Å². The molecule has 2 heteroatoms. The number of benzene rings is 1. The number of hydrogen-bond donors (Lipinski definition) is 0. The van der Waals surface area contributed by atoms with Crippen molar-refractivity contribution >= 4 is 5.57 Å². The van der Waals surface area contributed by atoms with Crippen molar-refractivity contribution in [2.45, 2.75) is 39.5 Å². The molecule has 0 radical (unpaired) electrons. The van der Waals surface area contributed by atoms with Crippen LogP contribution in [0.2, 0.25) is 0 Å². The minimum Gasteiger partial charge on any atom is -0.273 e. The summed E-state index contributed by atoms with van der Waals surface area (Å²) < 4.78 is 0. The van der Waals surface area contributed by atoms with E-state index in [1.807, 2.05) is 11.1 Å². The minimum absolute atomic E-state index is 0.679. The second-order valence-electron chi connectivity index (χ2n) is 5.65. The van der Waals surface area contributed by atoms with Crippen LogP contribution in [-0.2, 0) is 4.84 Å². The van der Waals surface area contributed by atoms with Gasteiger partial charge in [0.15, 0.2) is 0 Å². The largest absolute Gasteiger partial charge is 0.273 e. The van der Waals surface area contributed by atoms with Gasteiger partial charge in [-0.3, -0.25) is 9.90 Å². The fraction of sp³-hybridized carbons (Fsp3) is 0.474. The molecule has 1 aromatic rings. The number of hydrogen-bond acceptors (Lipinski definition) is 2. The molecule has 1 unspecified atom stereocenters. The Balaban J connectivity index is 1.79. The Morgan fingerprint density at radius 1 is 1.19 bits per heavy atom. The minimum atomic E-state index is 0.679. The van der Waals surface area contributed by atoms with E-state index in [0.717, 1.165) is 13.2 Å². The standard InChI is InChI=1S/C19H27NO/c1-3-5-9-17(4-2)16-21-20-14-12-19(13-15-20)18-10-7-6-8-11-18/h6-8,10-14,17H,3-5,9,15-16H2,1-2H3. The Hall–Kier alpha value is -1.54. The first kappa shape index (κ1) is 15.8. The summed E-state index contributed by atoms with van der Waals surface area (Å²) in [6.07, 6.45) is 11.4. The third kappa shape index (κ3) is 5.05. The van der Waals surface area contributed by atoms with Gasteiger partial charge in [0, 0.05) is 6.20 Å². The van der Waals surface area contributed by atoms with E-state index in [9.17, 15) is 0 Å². The van der Waals surface area contributed by atoms with Crippen molar-refractivity contribution < 1.29 is 4.84 Å². The molecule has 0 N–H and O–H groups in total. The lowest BCUT2D eigenvalue weighted by molar-refractivity contribution is -0.127. The summed E-state index contributed by atoms with van der Waals surface area (Å²) >= 11 is 0. The van der Waals surface area contributed by atoms with Gasteiger partial charge in [0.1, 0.15) is 0 Å². The molecule has 0 spiro atoms. The second-order valence-corrected chi connectivity index (χ2v) is 5.65. The van der Waals surface area contributed by atoms with Crippen molar-refractivity contribution in [3.63, 3.8) is 0 Å². The molecule has 0 amide bonds. The quantitative estimate of drug-likeness (QED) is 0.663. The first-order valence-electron chi connectivity index (χ1n) is 8.16. The van der Waals surface area contributed by atoms with Crippen LogP contribution >= 0.6 is 0 Å². The van der Waals surface area contributed by atoms with Gasteiger partial charge in [0.25, 0.3) is 0 Å². The molecule has 0 aliphatic carbocycles. The van der Waals surface area contributed by atoms with Crippen LogP contribution in [0.5, 0.6) is 0 Å². The maximum atomic E-state index is 5.92. The highest BCUT2D eigenvalue weighted by Crippen LogP contribution is 2.20. The zero-order valence-electron chi connectivity index (χ0n) is 13.3. The van der Waals surface area contributed by atoms with Crippen LogP contribution < -0.4 is 0 Å². The topological polar surface area (TPSA) is 12.5 Å². The summed E-state index contributed by atoms with van der Waals surface area (Å²) in [5.41, 5.74) is 2.54. The van der Waals surface area contributed by atoms with E-state index in [-0.39, 0.29) is 0 Å². The number of hydroxylamine groups is 2.